The summed E-state index contributed by atoms with van der Waals surface area (Å²) in [6, 6.07) is 0. The molecule has 9 heavy (non-hydrogen) atoms. The highest BCUT2D eigenvalue weighted by molar-refractivity contribution is 5.89. The van der Waals surface area contributed by atoms with Crippen LogP contribution in [0.15, 0.2) is 12.2 Å². The fourth-order valence-corrected chi connectivity index (χ4v) is 0.656. The number of ketones is 1. The summed E-state index contributed by atoms with van der Waals surface area (Å²) in [6.45, 7) is 5.95. The number of carbonyl (C=O) groups excluding carboxylic acids is 1. The van der Waals surface area contributed by atoms with Gasteiger partial charge in [0.05, 0.1) is 0 Å². The Balaban J connectivity index is 3.51. The number of rotatable bonds is 3. The lowest BCUT2D eigenvalue weighted by Gasteiger charge is -1.97. The van der Waals surface area contributed by atoms with Crippen molar-refractivity contribution >= 4 is 5.78 Å². The zero-order chi connectivity index (χ0) is 7.28. The van der Waals surface area contributed by atoms with Crippen LogP contribution in [0.25, 0.3) is 0 Å². The van der Waals surface area contributed by atoms with E-state index in [-0.39, 0.29) is 5.78 Å². The minimum atomic E-state index is 0.229. The Morgan fingerprint density at radius 2 is 2.11 bits per heavy atom. The Morgan fingerprint density at radius 1 is 1.56 bits per heavy atom. The fraction of sp³-hybridized carbons (Fsp3) is 0.625. The van der Waals surface area contributed by atoms with Crippen LogP contribution < -0.4 is 0 Å². The maximum atomic E-state index is 10.8. The minimum absolute atomic E-state index is 0.229. The van der Waals surface area contributed by atoms with E-state index in [0.717, 1.165) is 0 Å². The summed E-state index contributed by atoms with van der Waals surface area (Å²) in [7, 11) is 0. The summed E-state index contributed by atoms with van der Waals surface area (Å²) in [5.74, 6) is 0.709. The third-order valence-corrected chi connectivity index (χ3v) is 0.962. The van der Waals surface area contributed by atoms with Crippen molar-refractivity contribution in [3.63, 3.8) is 0 Å². The van der Waals surface area contributed by atoms with E-state index in [9.17, 15) is 4.79 Å². The van der Waals surface area contributed by atoms with Crippen molar-refractivity contribution in [3.05, 3.63) is 12.2 Å². The SMILES string of the molecule is C/C=C\C(=O)CC(C)C. The van der Waals surface area contributed by atoms with E-state index in [1.54, 1.807) is 12.2 Å². The van der Waals surface area contributed by atoms with E-state index in [0.29, 0.717) is 12.3 Å². The molecule has 0 aliphatic rings. The molecule has 0 heterocycles. The van der Waals surface area contributed by atoms with Gasteiger partial charge >= 0.3 is 0 Å². The van der Waals surface area contributed by atoms with E-state index < -0.39 is 0 Å². The van der Waals surface area contributed by atoms with Gasteiger partial charge < -0.3 is 0 Å². The van der Waals surface area contributed by atoms with Crippen LogP contribution in [-0.2, 0) is 4.79 Å². The lowest BCUT2D eigenvalue weighted by molar-refractivity contribution is -0.115. The van der Waals surface area contributed by atoms with Crippen molar-refractivity contribution in [1.82, 2.24) is 0 Å². The van der Waals surface area contributed by atoms with Gasteiger partial charge in [0.2, 0.25) is 0 Å². The van der Waals surface area contributed by atoms with Crippen LogP contribution in [0.1, 0.15) is 27.2 Å². The topological polar surface area (TPSA) is 17.1 Å². The molecule has 0 unspecified atom stereocenters. The lowest BCUT2D eigenvalue weighted by Crippen LogP contribution is -1.97. The van der Waals surface area contributed by atoms with E-state index in [1.165, 1.54) is 0 Å². The molecular formula is C8H14O. The highest BCUT2D eigenvalue weighted by atomic mass is 16.1. The fourth-order valence-electron chi connectivity index (χ4n) is 0.656. The molecule has 1 heteroatoms. The number of carbonyl (C=O) groups is 1. The average molecular weight is 126 g/mol. The second-order valence-corrected chi connectivity index (χ2v) is 2.56. The van der Waals surface area contributed by atoms with Gasteiger partial charge in [-0.2, -0.15) is 0 Å². The molecule has 0 bridgehead atoms. The van der Waals surface area contributed by atoms with Gasteiger partial charge in [-0.1, -0.05) is 19.9 Å². The monoisotopic (exact) mass is 126 g/mol. The maximum absolute atomic E-state index is 10.8. The van der Waals surface area contributed by atoms with Crippen LogP contribution in [0.3, 0.4) is 0 Å². The van der Waals surface area contributed by atoms with Gasteiger partial charge in [0.1, 0.15) is 0 Å². The lowest BCUT2D eigenvalue weighted by atomic mass is 10.1. The number of hydrogen-bond acceptors (Lipinski definition) is 1. The Kier molecular flexibility index (Phi) is 4.02. The first-order valence-corrected chi connectivity index (χ1v) is 3.32. The quantitative estimate of drug-likeness (QED) is 0.530. The predicted octanol–water partition coefficient (Wildman–Crippen LogP) is 2.18. The second-order valence-electron chi connectivity index (χ2n) is 2.56. The second kappa shape index (κ2) is 4.30. The zero-order valence-corrected chi connectivity index (χ0v) is 6.35. The molecule has 0 aromatic heterocycles. The molecule has 1 nitrogen and oxygen atoms in total. The molecule has 0 aromatic carbocycles. The van der Waals surface area contributed by atoms with Crippen LogP contribution >= 0.6 is 0 Å². The van der Waals surface area contributed by atoms with Gasteiger partial charge in [0, 0.05) is 6.42 Å². The van der Waals surface area contributed by atoms with E-state index in [2.05, 4.69) is 0 Å². The van der Waals surface area contributed by atoms with Crippen LogP contribution in [0, 0.1) is 5.92 Å². The van der Waals surface area contributed by atoms with Gasteiger partial charge in [-0.15, -0.1) is 0 Å². The Labute approximate surface area is 56.8 Å². The smallest absolute Gasteiger partial charge is 0.155 e. The molecule has 0 fully saturated rings. The summed E-state index contributed by atoms with van der Waals surface area (Å²) in [6.07, 6.45) is 4.08. The van der Waals surface area contributed by atoms with Crippen LogP contribution in [-0.4, -0.2) is 5.78 Å². The van der Waals surface area contributed by atoms with Crippen molar-refractivity contribution in [2.24, 2.45) is 5.92 Å². The van der Waals surface area contributed by atoms with Crippen LogP contribution in [0.2, 0.25) is 0 Å². The first-order valence-electron chi connectivity index (χ1n) is 3.32. The first kappa shape index (κ1) is 8.41. The predicted molar refractivity (Wildman–Crippen MR) is 39.3 cm³/mol. The van der Waals surface area contributed by atoms with Crippen LogP contribution in [0.4, 0.5) is 0 Å². The third-order valence-electron chi connectivity index (χ3n) is 0.962. The van der Waals surface area contributed by atoms with Gasteiger partial charge in [-0.3, -0.25) is 4.79 Å². The Bertz CT molecular complexity index is 112. The maximum Gasteiger partial charge on any atom is 0.155 e. The highest BCUT2D eigenvalue weighted by Crippen LogP contribution is 1.99. The normalized spacial score (nSPS) is 11.1. The summed E-state index contributed by atoms with van der Waals surface area (Å²) in [5.41, 5.74) is 0. The van der Waals surface area contributed by atoms with E-state index in [4.69, 9.17) is 0 Å². The molecule has 0 aliphatic carbocycles. The number of hydrogen-bond donors (Lipinski definition) is 0. The van der Waals surface area contributed by atoms with Crippen molar-refractivity contribution < 1.29 is 4.79 Å². The van der Waals surface area contributed by atoms with Crippen molar-refractivity contribution in [2.45, 2.75) is 27.2 Å². The standard InChI is InChI=1S/C8H14O/c1-4-5-8(9)6-7(2)3/h4-5,7H,6H2,1-3H3/b5-4-. The zero-order valence-electron chi connectivity index (χ0n) is 6.35. The molecule has 0 amide bonds. The summed E-state index contributed by atoms with van der Waals surface area (Å²) < 4.78 is 0. The molecule has 0 saturated carbocycles. The number of allylic oxidation sites excluding steroid dienone is 2. The van der Waals surface area contributed by atoms with Gasteiger partial charge in [0.15, 0.2) is 5.78 Å². The molecule has 0 rings (SSSR count). The average Bonchev–Trinajstić information content (AvgIpc) is 1.63. The molecular weight excluding hydrogens is 112 g/mol. The molecule has 52 valence electrons. The van der Waals surface area contributed by atoms with E-state index in [1.807, 2.05) is 20.8 Å². The molecule has 0 saturated heterocycles. The summed E-state index contributed by atoms with van der Waals surface area (Å²) in [5, 5.41) is 0. The third kappa shape index (κ3) is 5.28. The molecule has 0 aliphatic heterocycles. The Morgan fingerprint density at radius 3 is 2.44 bits per heavy atom. The van der Waals surface area contributed by atoms with Gasteiger partial charge in [-0.05, 0) is 18.9 Å². The van der Waals surface area contributed by atoms with Crippen molar-refractivity contribution in [3.8, 4) is 0 Å². The molecule has 0 aromatic rings. The molecule has 0 radical (unpaired) electrons. The van der Waals surface area contributed by atoms with Gasteiger partial charge in [-0.25, -0.2) is 0 Å². The molecule has 0 atom stereocenters. The summed E-state index contributed by atoms with van der Waals surface area (Å²) in [4.78, 5) is 10.8. The largest absolute Gasteiger partial charge is 0.295 e. The van der Waals surface area contributed by atoms with Gasteiger partial charge in [0.25, 0.3) is 0 Å². The first-order chi connectivity index (χ1) is 4.16. The van der Waals surface area contributed by atoms with E-state index >= 15 is 0 Å². The summed E-state index contributed by atoms with van der Waals surface area (Å²) >= 11 is 0. The molecule has 0 spiro atoms. The Hall–Kier alpha value is -0.590. The highest BCUT2D eigenvalue weighted by Gasteiger charge is 1.98. The molecule has 0 N–H and O–H groups in total. The van der Waals surface area contributed by atoms with Crippen LogP contribution in [0.5, 0.6) is 0 Å². The van der Waals surface area contributed by atoms with Crippen molar-refractivity contribution in [2.75, 3.05) is 0 Å². The van der Waals surface area contributed by atoms with Crippen molar-refractivity contribution in [1.29, 1.82) is 0 Å². The minimum Gasteiger partial charge on any atom is -0.295 e.